The molecule has 16 heavy (non-hydrogen) atoms. The van der Waals surface area contributed by atoms with Crippen LogP contribution in [0.2, 0.25) is 0 Å². The molecule has 3 nitrogen and oxygen atoms in total. The number of rotatable bonds is 5. The molecule has 1 saturated heterocycles. The number of hydrogen-bond acceptors (Lipinski definition) is 3. The van der Waals surface area contributed by atoms with E-state index in [0.717, 1.165) is 25.7 Å². The Bertz CT molecular complexity index is 181. The van der Waals surface area contributed by atoms with Gasteiger partial charge in [0, 0.05) is 12.6 Å². The van der Waals surface area contributed by atoms with Crippen LogP contribution < -0.4 is 5.32 Å². The summed E-state index contributed by atoms with van der Waals surface area (Å²) in [6.45, 7) is 14.0. The lowest BCUT2D eigenvalue weighted by Crippen LogP contribution is -2.43. The van der Waals surface area contributed by atoms with Gasteiger partial charge in [-0.05, 0) is 53.2 Å². The summed E-state index contributed by atoms with van der Waals surface area (Å²) in [4.78, 5) is 2.51. The van der Waals surface area contributed by atoms with E-state index in [1.165, 1.54) is 25.9 Å². The minimum atomic E-state index is 0.00207. The van der Waals surface area contributed by atoms with Crippen molar-refractivity contribution < 1.29 is 4.74 Å². The lowest BCUT2D eigenvalue weighted by atomic mass is 10.1. The summed E-state index contributed by atoms with van der Waals surface area (Å²) >= 11 is 0. The summed E-state index contributed by atoms with van der Waals surface area (Å²) in [5.41, 5.74) is 0.00207. The molecule has 1 heterocycles. The minimum Gasteiger partial charge on any atom is -0.375 e. The third kappa shape index (κ3) is 5.83. The fourth-order valence-corrected chi connectivity index (χ4v) is 2.13. The third-order valence-corrected chi connectivity index (χ3v) is 3.02. The maximum atomic E-state index is 5.75. The van der Waals surface area contributed by atoms with Crippen LogP contribution in [0, 0.1) is 0 Å². The largest absolute Gasteiger partial charge is 0.375 e. The van der Waals surface area contributed by atoms with Gasteiger partial charge in [-0.25, -0.2) is 0 Å². The summed E-state index contributed by atoms with van der Waals surface area (Å²) in [6, 6.07) is 0.741. The molecule has 1 aliphatic rings. The molecule has 0 spiro atoms. The van der Waals surface area contributed by atoms with Crippen molar-refractivity contribution in [1.82, 2.24) is 10.2 Å². The van der Waals surface area contributed by atoms with Gasteiger partial charge < -0.3 is 15.0 Å². The quantitative estimate of drug-likeness (QED) is 0.777. The topological polar surface area (TPSA) is 24.5 Å². The fraction of sp³-hybridized carbons (Fsp3) is 1.00. The predicted octanol–water partition coefficient (Wildman–Crippen LogP) is 1.88. The van der Waals surface area contributed by atoms with E-state index in [-0.39, 0.29) is 5.60 Å². The van der Waals surface area contributed by atoms with Gasteiger partial charge in [0.15, 0.2) is 0 Å². The zero-order valence-corrected chi connectivity index (χ0v) is 11.4. The molecule has 1 rings (SSSR count). The van der Waals surface area contributed by atoms with Gasteiger partial charge in [0.1, 0.15) is 0 Å². The first-order valence-corrected chi connectivity index (χ1v) is 6.61. The van der Waals surface area contributed by atoms with Crippen molar-refractivity contribution in [3.8, 4) is 0 Å². The van der Waals surface area contributed by atoms with E-state index >= 15 is 0 Å². The van der Waals surface area contributed by atoms with Crippen LogP contribution in [0.4, 0.5) is 0 Å². The number of nitrogens with zero attached hydrogens (tertiary/aromatic N) is 1. The Morgan fingerprint density at radius 2 is 1.88 bits per heavy atom. The van der Waals surface area contributed by atoms with Crippen LogP contribution in [-0.4, -0.2) is 49.3 Å². The highest BCUT2D eigenvalue weighted by Gasteiger charge is 2.18. The molecule has 1 N–H and O–H groups in total. The van der Waals surface area contributed by atoms with E-state index in [1.54, 1.807) is 0 Å². The van der Waals surface area contributed by atoms with Gasteiger partial charge in [-0.15, -0.1) is 0 Å². The lowest BCUT2D eigenvalue weighted by Gasteiger charge is -2.32. The molecule has 0 radical (unpaired) electrons. The van der Waals surface area contributed by atoms with Gasteiger partial charge in [0.25, 0.3) is 0 Å². The molecular formula is C13H28N2O. The smallest absolute Gasteiger partial charge is 0.0600 e. The number of hydrogen-bond donors (Lipinski definition) is 1. The predicted molar refractivity (Wildman–Crippen MR) is 68.8 cm³/mol. The lowest BCUT2D eigenvalue weighted by molar-refractivity contribution is -0.0155. The van der Waals surface area contributed by atoms with E-state index in [9.17, 15) is 0 Å². The Morgan fingerprint density at radius 3 is 2.38 bits per heavy atom. The number of piperidine rings is 1. The highest BCUT2D eigenvalue weighted by atomic mass is 16.5. The molecule has 0 aromatic carbocycles. The molecule has 1 aliphatic heterocycles. The van der Waals surface area contributed by atoms with E-state index in [1.807, 2.05) is 0 Å². The van der Waals surface area contributed by atoms with Crippen LogP contribution in [0.5, 0.6) is 0 Å². The van der Waals surface area contributed by atoms with Crippen molar-refractivity contribution in [1.29, 1.82) is 0 Å². The zero-order chi connectivity index (χ0) is 12.0. The van der Waals surface area contributed by atoms with Crippen molar-refractivity contribution in [2.45, 2.75) is 52.2 Å². The molecule has 0 atom stereocenters. The first-order valence-electron chi connectivity index (χ1n) is 6.61. The minimum absolute atomic E-state index is 0.00207. The second-order valence-corrected chi connectivity index (χ2v) is 5.63. The molecule has 0 unspecified atom stereocenters. The first-order chi connectivity index (χ1) is 7.51. The second-order valence-electron chi connectivity index (χ2n) is 5.63. The van der Waals surface area contributed by atoms with Crippen molar-refractivity contribution >= 4 is 0 Å². The molecule has 0 aromatic heterocycles. The summed E-state index contributed by atoms with van der Waals surface area (Å²) in [6.07, 6.45) is 2.56. The SMILES string of the molecule is CCNC1CCN(CCOC(C)(C)C)CC1. The van der Waals surface area contributed by atoms with Gasteiger partial charge in [0.05, 0.1) is 12.2 Å². The molecule has 0 saturated carbocycles. The maximum Gasteiger partial charge on any atom is 0.0600 e. The molecule has 96 valence electrons. The monoisotopic (exact) mass is 228 g/mol. The molecule has 0 aliphatic carbocycles. The average molecular weight is 228 g/mol. The van der Waals surface area contributed by atoms with Crippen molar-refractivity contribution in [2.24, 2.45) is 0 Å². The Hall–Kier alpha value is -0.120. The first kappa shape index (κ1) is 13.9. The highest BCUT2D eigenvalue weighted by Crippen LogP contribution is 2.11. The molecule has 0 amide bonds. The number of ether oxygens (including phenoxy) is 1. The highest BCUT2D eigenvalue weighted by molar-refractivity contribution is 4.76. The van der Waals surface area contributed by atoms with E-state index in [2.05, 4.69) is 37.9 Å². The zero-order valence-electron chi connectivity index (χ0n) is 11.4. The average Bonchev–Trinajstić information content (AvgIpc) is 2.19. The van der Waals surface area contributed by atoms with Crippen molar-refractivity contribution in [2.75, 3.05) is 32.8 Å². The molecular weight excluding hydrogens is 200 g/mol. The molecule has 0 bridgehead atoms. The summed E-state index contributed by atoms with van der Waals surface area (Å²) < 4.78 is 5.75. The van der Waals surface area contributed by atoms with Gasteiger partial charge in [0.2, 0.25) is 0 Å². The summed E-state index contributed by atoms with van der Waals surface area (Å²) in [5, 5.41) is 3.53. The van der Waals surface area contributed by atoms with Gasteiger partial charge in [-0.3, -0.25) is 0 Å². The van der Waals surface area contributed by atoms with Crippen LogP contribution in [0.1, 0.15) is 40.5 Å². The number of likely N-dealkylation sites (tertiary alicyclic amines) is 1. The Labute approximate surface area is 101 Å². The van der Waals surface area contributed by atoms with Gasteiger partial charge in [-0.2, -0.15) is 0 Å². The van der Waals surface area contributed by atoms with E-state index < -0.39 is 0 Å². The van der Waals surface area contributed by atoms with Crippen LogP contribution >= 0.6 is 0 Å². The Balaban J connectivity index is 2.08. The summed E-state index contributed by atoms with van der Waals surface area (Å²) in [7, 11) is 0. The standard InChI is InChI=1S/C13H28N2O/c1-5-14-12-6-8-15(9-7-12)10-11-16-13(2,3)4/h12,14H,5-11H2,1-4H3. The second kappa shape index (κ2) is 6.58. The maximum absolute atomic E-state index is 5.75. The molecule has 3 heteroatoms. The molecule has 0 aromatic rings. The fourth-order valence-electron chi connectivity index (χ4n) is 2.13. The van der Waals surface area contributed by atoms with Crippen LogP contribution in [0.15, 0.2) is 0 Å². The number of nitrogens with one attached hydrogen (secondary N) is 1. The summed E-state index contributed by atoms with van der Waals surface area (Å²) in [5.74, 6) is 0. The van der Waals surface area contributed by atoms with E-state index in [0.29, 0.717) is 0 Å². The Morgan fingerprint density at radius 1 is 1.25 bits per heavy atom. The third-order valence-electron chi connectivity index (χ3n) is 3.02. The van der Waals surface area contributed by atoms with Crippen molar-refractivity contribution in [3.05, 3.63) is 0 Å². The van der Waals surface area contributed by atoms with Crippen LogP contribution in [-0.2, 0) is 4.74 Å². The van der Waals surface area contributed by atoms with Crippen molar-refractivity contribution in [3.63, 3.8) is 0 Å². The van der Waals surface area contributed by atoms with Gasteiger partial charge in [-0.1, -0.05) is 6.92 Å². The van der Waals surface area contributed by atoms with Crippen LogP contribution in [0.3, 0.4) is 0 Å². The van der Waals surface area contributed by atoms with Gasteiger partial charge >= 0.3 is 0 Å². The molecule has 1 fully saturated rings. The Kier molecular flexibility index (Phi) is 5.73. The van der Waals surface area contributed by atoms with E-state index in [4.69, 9.17) is 4.74 Å². The normalized spacial score (nSPS) is 20.2. The van der Waals surface area contributed by atoms with Crippen LogP contribution in [0.25, 0.3) is 0 Å².